The summed E-state index contributed by atoms with van der Waals surface area (Å²) in [5.74, 6) is -7.76. The summed E-state index contributed by atoms with van der Waals surface area (Å²) in [6, 6.07) is -1.65. The van der Waals surface area contributed by atoms with Crippen LogP contribution in [0.1, 0.15) is 146 Å². The quantitative estimate of drug-likeness (QED) is 0.0424. The molecule has 43 nitrogen and oxygen atoms in total. The lowest BCUT2D eigenvalue weighted by atomic mass is 9.73. The molecule has 2 aromatic heterocycles. The Morgan fingerprint density at radius 3 is 1.07 bits per heavy atom. The molecule has 11 fully saturated rings. The summed E-state index contributed by atoms with van der Waals surface area (Å²) >= 11 is 5.89. The minimum Gasteiger partial charge on any atom is -0.477 e. The molecule has 139 heavy (non-hydrogen) atoms. The average Bonchev–Trinajstić information content (AvgIpc) is 1.57. The largest absolute Gasteiger partial charge is 0.477 e. The van der Waals surface area contributed by atoms with E-state index in [1.807, 2.05) is 67.2 Å². The third-order valence-electron chi connectivity index (χ3n) is 30.2. The molecule has 0 aliphatic carbocycles. The fraction of sp³-hybridized carbons (Fsp3) is 0.714. The van der Waals surface area contributed by atoms with Gasteiger partial charge in [-0.1, -0.05) is 62.3 Å². The molecule has 13 N–H and O–H groups in total. The van der Waals surface area contributed by atoms with Crippen LogP contribution in [0.4, 0.5) is 0 Å². The molecule has 0 aromatic carbocycles. The van der Waals surface area contributed by atoms with Crippen LogP contribution in [0.2, 0.25) is 0 Å². The number of ketones is 4. The minimum absolute atomic E-state index is 0. The molecule has 8 amide bonds. The maximum absolute atomic E-state index is 13.4. The summed E-state index contributed by atoms with van der Waals surface area (Å²) in [6.45, 7) is 23.4. The van der Waals surface area contributed by atoms with Crippen molar-refractivity contribution in [2.45, 2.75) is 240 Å². The number of carboxylic acids is 4. The number of tetrazole rings is 2. The Morgan fingerprint density at radius 2 is 0.770 bits per heavy atom. The maximum Gasteiger partial charge on any atom is 0.353 e. The number of likely N-dealkylation sites (N-methyl/N-ethyl adjacent to an activating group) is 2. The van der Waals surface area contributed by atoms with Gasteiger partial charge >= 0.3 is 23.9 Å². The van der Waals surface area contributed by atoms with Crippen LogP contribution in [0.15, 0.2) is 55.1 Å². The predicted octanol–water partition coefficient (Wildman–Crippen LogP) is 0.465. The zero-order valence-electron chi connectivity index (χ0n) is 80.7. The van der Waals surface area contributed by atoms with Crippen LogP contribution in [-0.4, -0.2) is 369 Å². The summed E-state index contributed by atoms with van der Waals surface area (Å²) in [7, 11) is 6.86. The minimum atomic E-state index is -1.13. The lowest BCUT2D eigenvalue weighted by Gasteiger charge is -2.47. The van der Waals surface area contributed by atoms with E-state index in [9.17, 15) is 97.1 Å². The number of β-lactam (4-membered cyclic amide) rings is 4. The number of nitrogens with two attached hydrogens (primary N) is 2. The van der Waals surface area contributed by atoms with Gasteiger partial charge in [-0.05, 0) is 108 Å². The lowest BCUT2D eigenvalue weighted by Crippen LogP contribution is -2.62. The van der Waals surface area contributed by atoms with Crippen molar-refractivity contribution < 1.29 is 97.1 Å². The van der Waals surface area contributed by atoms with Crippen LogP contribution in [0.3, 0.4) is 0 Å². The van der Waals surface area contributed by atoms with Gasteiger partial charge in [-0.15, -0.1) is 57.2 Å². The number of hydrogen-bond donors (Lipinski definition) is 11. The van der Waals surface area contributed by atoms with Crippen LogP contribution >= 0.6 is 60.5 Å². The highest BCUT2D eigenvalue weighted by atomic mass is 32.2. The topological polar surface area (TPSA) is 579 Å². The maximum atomic E-state index is 13.4. The number of carboxylic acid groups (broad SMARTS) is 4. The normalized spacial score (nSPS) is 32.1. The van der Waals surface area contributed by atoms with Crippen molar-refractivity contribution >= 4 is 155 Å². The monoisotopic (exact) mass is 2030 g/mol. The first-order valence-corrected chi connectivity index (χ1v) is 51.6. The lowest BCUT2D eigenvalue weighted by molar-refractivity contribution is -0.160. The van der Waals surface area contributed by atoms with Crippen LogP contribution in [0.5, 0.6) is 0 Å². The number of Topliss-reactive ketones (excluding diaryl/α,β-unsaturated/α-hetero) is 4. The van der Waals surface area contributed by atoms with Crippen molar-refractivity contribution in [1.82, 2.24) is 106 Å². The number of nitrogens with one attached hydrogen (secondary N) is 5. The van der Waals surface area contributed by atoms with E-state index >= 15 is 0 Å². The van der Waals surface area contributed by atoms with Gasteiger partial charge in [0.05, 0.1) is 78.6 Å². The first kappa shape index (κ1) is 107. The van der Waals surface area contributed by atoms with Gasteiger partial charge in [-0.2, -0.15) is 13.5 Å². The number of aliphatic carboxylic acids is 4. The van der Waals surface area contributed by atoms with Gasteiger partial charge in [0.15, 0.2) is 11.6 Å². The smallest absolute Gasteiger partial charge is 0.353 e. The number of nitrogens with zero attached hydrogens (tertiary/aromatic N) is 16. The zero-order chi connectivity index (χ0) is 99.9. The van der Waals surface area contributed by atoms with E-state index in [0.717, 1.165) is 45.3 Å². The number of thioether (sulfide) groups is 4. The fourth-order valence-electron chi connectivity index (χ4n) is 23.4. The van der Waals surface area contributed by atoms with E-state index in [1.165, 1.54) is 88.7 Å². The molecule has 0 saturated carbocycles. The molecule has 762 valence electrons. The van der Waals surface area contributed by atoms with Gasteiger partial charge in [0.25, 0.3) is 0 Å². The van der Waals surface area contributed by atoms with Gasteiger partial charge in [-0.25, -0.2) is 28.5 Å². The molecule has 2 aromatic rings. The second kappa shape index (κ2) is 45.2. The number of rotatable bonds is 34. The summed E-state index contributed by atoms with van der Waals surface area (Å²) in [5.41, 5.74) is 11.6. The van der Waals surface area contributed by atoms with Gasteiger partial charge in [-0.3, -0.25) is 57.5 Å². The number of piperidine rings is 2. The molecule has 15 aliphatic rings. The number of likely N-dealkylation sites (tertiary alicyclic amines) is 2. The van der Waals surface area contributed by atoms with Crippen molar-refractivity contribution in [2.75, 3.05) is 93.6 Å². The number of amides is 8. The van der Waals surface area contributed by atoms with Crippen molar-refractivity contribution in [3.63, 3.8) is 0 Å². The molecule has 0 bridgehead atoms. The predicted molar refractivity (Wildman–Crippen MR) is 516 cm³/mol. The Labute approximate surface area is 830 Å². The van der Waals surface area contributed by atoms with E-state index < -0.39 is 35.7 Å². The third kappa shape index (κ3) is 22.2. The molecule has 17 rings (SSSR count). The molecule has 48 heteroatoms. The van der Waals surface area contributed by atoms with E-state index in [1.54, 1.807) is 42.9 Å². The van der Waals surface area contributed by atoms with Gasteiger partial charge in [0, 0.05) is 189 Å². The number of carbonyl (C=O) groups excluding carboxylic acids is 12. The molecule has 15 aliphatic heterocycles. The molecule has 0 radical (unpaired) electrons. The van der Waals surface area contributed by atoms with Gasteiger partial charge in [0.1, 0.15) is 60.1 Å². The summed E-state index contributed by atoms with van der Waals surface area (Å²) in [4.78, 5) is 215. The zero-order valence-corrected chi connectivity index (χ0v) is 85.0. The second-order valence-electron chi connectivity index (χ2n) is 40.2. The fourth-order valence-corrected chi connectivity index (χ4v) is 29.3. The van der Waals surface area contributed by atoms with Crippen molar-refractivity contribution in [3.8, 4) is 0 Å². The van der Waals surface area contributed by atoms with Crippen LogP contribution in [0.25, 0.3) is 0 Å². The summed E-state index contributed by atoms with van der Waals surface area (Å²) < 4.78 is 2.69. The van der Waals surface area contributed by atoms with Gasteiger partial charge in [0.2, 0.25) is 47.3 Å². The Morgan fingerprint density at radius 1 is 0.453 bits per heavy atom. The molecular weight excluding hydrogens is 1900 g/mol. The molecule has 5 unspecified atom stereocenters. The molecule has 17 heterocycles. The van der Waals surface area contributed by atoms with E-state index in [4.69, 9.17) is 11.5 Å². The average molecular weight is 2030 g/mol. The SMILES string of the molecule is CCC(=O)C[C@H](C)[C@H]1C(=O)N2C(C(=O)O)=C(S[C@@H]3CNC(C(=O)N(C)C)C3)[C@H](C)[C@H]12.C[C@@H](CC(=O)CN)[C@H]1C(=O)N2C(C(=O)O)=C(S[C@@H]3CNC(C(=O)N(C)C)C3)[C@H](C)[C@H]12.C[C@@H](CC(=O)Cn1cnnn1)[C@H]1C(=O)N2C(C(=O)O)=C(S[C@@H]3CNC(C(=O)N4CC[C@H](N)C4)C3)[C@H](C)[C@H]12.C[C@@H](CC(=O)Cn1cnnn1)[C@H]1C(=O)N2C(C(=O)O)=C(S[C@@H]3CN[C@H](C(=O)N4CCC5NCCCC5C4)C3)[C@H](C)[C@H]12.S. The molecule has 0 spiro atoms. The van der Waals surface area contributed by atoms with Crippen LogP contribution < -0.4 is 38.1 Å². The van der Waals surface area contributed by atoms with E-state index in [0.29, 0.717) is 109 Å². The number of carbonyl (C=O) groups is 16. The Bertz CT molecular complexity index is 5070. The number of fused-ring (bicyclic) bond motifs is 5. The first-order valence-electron chi connectivity index (χ1n) is 48.0. The highest BCUT2D eigenvalue weighted by Gasteiger charge is 2.65. The standard InChI is InChI=1S/C27H38N8O5S.C23H32N8O5S.C21H31N3O5S.C20H30N4O5S.H2S/c1-14(8-17(36)12-34-13-30-31-32-34)21-22-15(2)24(23(27(39)40)35(22)26(21)38)41-18-9-20(29-10-18)25(37)33-7-5-19-16(11-33)4-3-6-28-19;1-11(5-14(32)9-30-10-26-27-28-30)17-18-12(2)20(19(23(35)36)31(18)22(17)34)37-15-6-16(25-7-15)21(33)29-4-3-13(24)8-29;1-6-12(25)7-10(2)15-16-11(3)18(17(21(28)29)24(16)20(15)27)30-13-8-14(22-9-13)19(26)23(4)5;1-9(5-11(25)7-21)14-15-10(2)17(16(20(28)29)24(15)19(14)27)30-12-6-13(22-8-12)18(26)23(3)4;/h13-16,18-22,28-29H,3-12H2,1-2H3,(H,39,40);10-13,15-18,25H,3-9,24H2,1-2H3,(H,35,36);10-11,13-16,22H,6-9H2,1-5H3,(H,28,29);9-10,12-15,22H,5-8,21H2,1-4H3,(H,28,29);1H2/t14-,15+,16?,18-,19?,20-,21+,22+;11-,12+,13-,15-,16?,17+,18+;10-,11+,13-,14?,15+,16+;9-,10+,12-,13?,14+,15+;/m0000./s1. The van der Waals surface area contributed by atoms with Crippen molar-refractivity contribution in [2.24, 2.45) is 88.4 Å². The van der Waals surface area contributed by atoms with Gasteiger partial charge < -0.3 is 97.7 Å². The summed E-state index contributed by atoms with van der Waals surface area (Å²) in [6.07, 6.45) is 10.6. The molecule has 27 atom stereocenters. The molecular formula is C91H133N23O20S5. The Hall–Kier alpha value is -9.11. The Balaban J connectivity index is 0.000000157. The summed E-state index contributed by atoms with van der Waals surface area (Å²) in [5, 5.41) is 78.2. The highest BCUT2D eigenvalue weighted by molar-refractivity contribution is 8.04. The first-order chi connectivity index (χ1) is 65.5. The van der Waals surface area contributed by atoms with E-state index in [2.05, 4.69) is 57.6 Å². The molecule has 11 saturated heterocycles. The third-order valence-corrected chi connectivity index (χ3v) is 36.3. The number of aromatic nitrogens is 8. The highest BCUT2D eigenvalue weighted by Crippen LogP contribution is 2.58. The van der Waals surface area contributed by atoms with Crippen molar-refractivity contribution in [3.05, 3.63) is 55.1 Å². The van der Waals surface area contributed by atoms with Crippen molar-refractivity contribution in [1.29, 1.82) is 0 Å². The van der Waals surface area contributed by atoms with Crippen LogP contribution in [-0.2, 0) is 89.8 Å². The Kier molecular flexibility index (Phi) is 34.9. The van der Waals surface area contributed by atoms with Crippen LogP contribution in [0, 0.1) is 76.9 Å². The second-order valence-corrected chi connectivity index (χ2v) is 45.5. The van der Waals surface area contributed by atoms with E-state index in [-0.39, 0.29) is 280 Å². The number of hydrogen-bond acceptors (Lipinski definition) is 33.